The summed E-state index contributed by atoms with van der Waals surface area (Å²) in [7, 11) is 0. The predicted octanol–water partition coefficient (Wildman–Crippen LogP) is 3.70. The van der Waals surface area contributed by atoms with Crippen LogP contribution in [0.4, 0.5) is 0 Å². The molecule has 1 aromatic heterocycles. The zero-order valence-electron chi connectivity index (χ0n) is 10.0. The maximum atomic E-state index is 10.6. The van der Waals surface area contributed by atoms with Gasteiger partial charge in [-0.2, -0.15) is 0 Å². The van der Waals surface area contributed by atoms with Crippen LogP contribution in [0, 0.1) is 5.92 Å². The van der Waals surface area contributed by atoms with Gasteiger partial charge in [-0.05, 0) is 70.2 Å². The fourth-order valence-electron chi connectivity index (χ4n) is 2.68. The lowest BCUT2D eigenvalue weighted by molar-refractivity contribution is 0.0905. The van der Waals surface area contributed by atoms with E-state index in [4.69, 9.17) is 0 Å². The smallest absolute Gasteiger partial charge is 0.0833 e. The molecular weight excluding hydrogens is 310 g/mol. The highest BCUT2D eigenvalue weighted by Crippen LogP contribution is 2.39. The SMILES string of the molecule is OC(c1csc2c(Br)cccc12)C1CCNCC1. The Morgan fingerprint density at radius 3 is 2.89 bits per heavy atom. The maximum absolute atomic E-state index is 10.6. The third-order valence-electron chi connectivity index (χ3n) is 3.73. The standard InChI is InChI=1S/C14H16BrNOS/c15-12-3-1-2-10-11(8-18-14(10)12)13(17)9-4-6-16-7-5-9/h1-3,8-9,13,16-17H,4-7H2. The molecule has 0 spiro atoms. The molecule has 1 aromatic carbocycles. The van der Waals surface area contributed by atoms with E-state index in [1.54, 1.807) is 11.3 Å². The van der Waals surface area contributed by atoms with Crippen LogP contribution in [-0.2, 0) is 0 Å². The van der Waals surface area contributed by atoms with Gasteiger partial charge in [-0.25, -0.2) is 0 Å². The van der Waals surface area contributed by atoms with Crippen LogP contribution in [0.5, 0.6) is 0 Å². The second-order valence-corrected chi connectivity index (χ2v) is 6.57. The summed E-state index contributed by atoms with van der Waals surface area (Å²) in [6.45, 7) is 2.04. The third kappa shape index (κ3) is 2.23. The van der Waals surface area contributed by atoms with Crippen LogP contribution in [0.2, 0.25) is 0 Å². The van der Waals surface area contributed by atoms with Crippen LogP contribution in [0.15, 0.2) is 28.1 Å². The number of aliphatic hydroxyl groups is 1. The molecule has 0 amide bonds. The second kappa shape index (κ2) is 5.29. The molecule has 1 fully saturated rings. The van der Waals surface area contributed by atoms with Crippen molar-refractivity contribution < 1.29 is 5.11 Å². The monoisotopic (exact) mass is 325 g/mol. The van der Waals surface area contributed by atoms with Crippen molar-refractivity contribution in [1.29, 1.82) is 0 Å². The molecule has 0 radical (unpaired) electrons. The van der Waals surface area contributed by atoms with E-state index in [0.29, 0.717) is 5.92 Å². The summed E-state index contributed by atoms with van der Waals surface area (Å²) in [5.74, 6) is 0.392. The predicted molar refractivity (Wildman–Crippen MR) is 80.1 cm³/mol. The molecule has 1 aliphatic heterocycles. The zero-order chi connectivity index (χ0) is 12.5. The summed E-state index contributed by atoms with van der Waals surface area (Å²) in [6, 6.07) is 6.20. The van der Waals surface area contributed by atoms with E-state index in [-0.39, 0.29) is 6.10 Å². The van der Waals surface area contributed by atoms with Crippen molar-refractivity contribution in [2.75, 3.05) is 13.1 Å². The average Bonchev–Trinajstić information content (AvgIpc) is 2.84. The molecule has 1 unspecified atom stereocenters. The quantitative estimate of drug-likeness (QED) is 0.882. The molecule has 96 valence electrons. The van der Waals surface area contributed by atoms with Gasteiger partial charge in [0.15, 0.2) is 0 Å². The van der Waals surface area contributed by atoms with Crippen molar-refractivity contribution in [1.82, 2.24) is 5.32 Å². The van der Waals surface area contributed by atoms with Crippen LogP contribution in [0.3, 0.4) is 0 Å². The zero-order valence-corrected chi connectivity index (χ0v) is 12.4. The third-order valence-corrected chi connectivity index (χ3v) is 5.70. The van der Waals surface area contributed by atoms with Crippen LogP contribution in [-0.4, -0.2) is 18.2 Å². The number of nitrogens with one attached hydrogen (secondary N) is 1. The van der Waals surface area contributed by atoms with E-state index < -0.39 is 0 Å². The molecule has 2 nitrogen and oxygen atoms in total. The minimum Gasteiger partial charge on any atom is -0.388 e. The number of rotatable bonds is 2. The Morgan fingerprint density at radius 1 is 1.33 bits per heavy atom. The Kier molecular flexibility index (Phi) is 3.71. The molecule has 1 saturated heterocycles. The van der Waals surface area contributed by atoms with Gasteiger partial charge in [0.05, 0.1) is 6.10 Å². The second-order valence-electron chi connectivity index (χ2n) is 4.84. The van der Waals surface area contributed by atoms with Crippen LogP contribution in [0.1, 0.15) is 24.5 Å². The molecule has 2 heterocycles. The number of thiophene rings is 1. The highest BCUT2D eigenvalue weighted by atomic mass is 79.9. The van der Waals surface area contributed by atoms with Gasteiger partial charge < -0.3 is 10.4 Å². The molecule has 2 aromatic rings. The molecule has 1 atom stereocenters. The van der Waals surface area contributed by atoms with Gasteiger partial charge in [0.25, 0.3) is 0 Å². The number of hydrogen-bond acceptors (Lipinski definition) is 3. The minimum atomic E-state index is -0.324. The lowest BCUT2D eigenvalue weighted by Gasteiger charge is -2.27. The fraction of sp³-hybridized carbons (Fsp3) is 0.429. The Morgan fingerprint density at radius 2 is 2.11 bits per heavy atom. The van der Waals surface area contributed by atoms with Crippen molar-refractivity contribution in [3.05, 3.63) is 33.6 Å². The molecule has 0 bridgehead atoms. The van der Waals surface area contributed by atoms with Gasteiger partial charge in [-0.1, -0.05) is 12.1 Å². The van der Waals surface area contributed by atoms with Crippen molar-refractivity contribution >= 4 is 37.4 Å². The van der Waals surface area contributed by atoms with Crippen molar-refractivity contribution in [2.45, 2.75) is 18.9 Å². The highest BCUT2D eigenvalue weighted by Gasteiger charge is 2.25. The molecule has 0 aliphatic carbocycles. The summed E-state index contributed by atoms with van der Waals surface area (Å²) in [6.07, 6.45) is 1.80. The Bertz CT molecular complexity index is 548. The maximum Gasteiger partial charge on any atom is 0.0833 e. The van der Waals surface area contributed by atoms with Crippen LogP contribution >= 0.6 is 27.3 Å². The van der Waals surface area contributed by atoms with E-state index >= 15 is 0 Å². The summed E-state index contributed by atoms with van der Waals surface area (Å²) in [5, 5.41) is 17.2. The lowest BCUT2D eigenvalue weighted by atomic mass is 9.88. The van der Waals surface area contributed by atoms with Gasteiger partial charge in [-0.3, -0.25) is 0 Å². The largest absolute Gasteiger partial charge is 0.388 e. The summed E-state index contributed by atoms with van der Waals surface area (Å²) in [4.78, 5) is 0. The number of piperidine rings is 1. The fourth-order valence-corrected chi connectivity index (χ4v) is 4.34. The molecular formula is C14H16BrNOS. The number of hydrogen-bond donors (Lipinski definition) is 2. The van der Waals surface area contributed by atoms with Crippen molar-refractivity contribution in [3.63, 3.8) is 0 Å². The van der Waals surface area contributed by atoms with Crippen molar-refractivity contribution in [2.24, 2.45) is 5.92 Å². The summed E-state index contributed by atoms with van der Waals surface area (Å²) in [5.41, 5.74) is 1.10. The van der Waals surface area contributed by atoms with E-state index in [1.165, 1.54) is 10.1 Å². The average molecular weight is 326 g/mol. The van der Waals surface area contributed by atoms with Gasteiger partial charge in [0.2, 0.25) is 0 Å². The van der Waals surface area contributed by atoms with Crippen molar-refractivity contribution in [3.8, 4) is 0 Å². The number of benzene rings is 1. The first kappa shape index (κ1) is 12.6. The van der Waals surface area contributed by atoms with Gasteiger partial charge in [0.1, 0.15) is 0 Å². The first-order chi connectivity index (χ1) is 8.77. The Balaban J connectivity index is 1.96. The minimum absolute atomic E-state index is 0.324. The van der Waals surface area contributed by atoms with Gasteiger partial charge in [-0.15, -0.1) is 11.3 Å². The van der Waals surface area contributed by atoms with E-state index in [0.717, 1.165) is 36.0 Å². The summed E-state index contributed by atoms with van der Waals surface area (Å²) >= 11 is 5.28. The van der Waals surface area contributed by atoms with E-state index in [1.807, 2.05) is 6.07 Å². The number of halogens is 1. The van der Waals surface area contributed by atoms with E-state index in [9.17, 15) is 5.11 Å². The van der Waals surface area contributed by atoms with Crippen LogP contribution < -0.4 is 5.32 Å². The van der Waals surface area contributed by atoms with Gasteiger partial charge in [0, 0.05) is 9.17 Å². The van der Waals surface area contributed by atoms with E-state index in [2.05, 4.69) is 38.8 Å². The molecule has 1 aliphatic rings. The summed E-state index contributed by atoms with van der Waals surface area (Å²) < 4.78 is 2.36. The topological polar surface area (TPSA) is 32.3 Å². The highest BCUT2D eigenvalue weighted by molar-refractivity contribution is 9.10. The molecule has 3 rings (SSSR count). The van der Waals surface area contributed by atoms with Gasteiger partial charge >= 0.3 is 0 Å². The first-order valence-corrected chi connectivity index (χ1v) is 7.99. The molecule has 0 saturated carbocycles. The first-order valence-electron chi connectivity index (χ1n) is 6.32. The number of fused-ring (bicyclic) bond motifs is 1. The van der Waals surface area contributed by atoms with Crippen LogP contribution in [0.25, 0.3) is 10.1 Å². The normalized spacial score (nSPS) is 19.2. The lowest BCUT2D eigenvalue weighted by Crippen LogP contribution is -2.30. The Labute approximate surface area is 119 Å². The molecule has 2 N–H and O–H groups in total. The Hall–Kier alpha value is -0.420. The molecule has 4 heteroatoms. The number of aliphatic hydroxyl groups excluding tert-OH is 1. The molecule has 18 heavy (non-hydrogen) atoms.